The third-order valence-electron chi connectivity index (χ3n) is 4.92. The van der Waals surface area contributed by atoms with Crippen molar-refractivity contribution in [2.24, 2.45) is 0 Å². The summed E-state index contributed by atoms with van der Waals surface area (Å²) in [6.07, 6.45) is 3.40. The van der Waals surface area contributed by atoms with Gasteiger partial charge in [-0.05, 0) is 54.1 Å². The van der Waals surface area contributed by atoms with Crippen LogP contribution in [0.25, 0.3) is 0 Å². The van der Waals surface area contributed by atoms with Crippen molar-refractivity contribution < 1.29 is 4.79 Å². The number of amides is 1. The monoisotopic (exact) mass is 399 g/mol. The van der Waals surface area contributed by atoms with Gasteiger partial charge in [0.05, 0.1) is 5.56 Å². The molecular formula is C21H19Cl2N3O. The van der Waals surface area contributed by atoms with Crippen molar-refractivity contribution in [2.75, 3.05) is 18.9 Å². The van der Waals surface area contributed by atoms with Gasteiger partial charge in [-0.3, -0.25) is 4.79 Å². The van der Waals surface area contributed by atoms with Gasteiger partial charge in [0.2, 0.25) is 0 Å². The molecule has 1 atom stereocenters. The normalized spacial score (nSPS) is 16.8. The standard InChI is InChI=1S/C21H19Cl2N3O/c1-26-11-18(17-8-15(22)9-20(23)19(17)12-26)13-2-4-16(5-3-13)25-21(27)14-6-7-24-10-14/h2-10,18,24H,11-12H2,1H3,(H,25,27). The van der Waals surface area contributed by atoms with Gasteiger partial charge in [0.1, 0.15) is 0 Å². The summed E-state index contributed by atoms with van der Waals surface area (Å²) in [5.74, 6) is 0.0506. The summed E-state index contributed by atoms with van der Waals surface area (Å²) in [6.45, 7) is 1.70. The molecule has 0 saturated heterocycles. The number of aromatic nitrogens is 1. The largest absolute Gasteiger partial charge is 0.367 e. The molecule has 27 heavy (non-hydrogen) atoms. The second-order valence-corrected chi connectivity index (χ2v) is 7.72. The predicted octanol–water partition coefficient (Wildman–Crippen LogP) is 5.15. The van der Waals surface area contributed by atoms with E-state index >= 15 is 0 Å². The molecular weight excluding hydrogens is 381 g/mol. The van der Waals surface area contributed by atoms with E-state index < -0.39 is 0 Å². The number of H-pyrrole nitrogens is 1. The van der Waals surface area contributed by atoms with E-state index in [9.17, 15) is 4.79 Å². The molecule has 0 bridgehead atoms. The zero-order chi connectivity index (χ0) is 19.0. The number of likely N-dealkylation sites (N-methyl/N-ethyl adjacent to an activating group) is 1. The second-order valence-electron chi connectivity index (χ2n) is 6.88. The van der Waals surface area contributed by atoms with E-state index in [1.807, 2.05) is 18.2 Å². The van der Waals surface area contributed by atoms with Crippen LogP contribution in [0.5, 0.6) is 0 Å². The molecule has 4 nitrogen and oxygen atoms in total. The number of hydrogen-bond acceptors (Lipinski definition) is 2. The van der Waals surface area contributed by atoms with Crippen LogP contribution in [-0.2, 0) is 6.54 Å². The Balaban J connectivity index is 1.60. The van der Waals surface area contributed by atoms with Crippen LogP contribution in [-0.4, -0.2) is 29.4 Å². The van der Waals surface area contributed by atoms with Gasteiger partial charge in [-0.2, -0.15) is 0 Å². The molecule has 1 amide bonds. The first-order valence-corrected chi connectivity index (χ1v) is 9.47. The number of halogens is 2. The molecule has 0 aliphatic carbocycles. The number of carbonyl (C=O) groups excluding carboxylic acids is 1. The third-order valence-corrected chi connectivity index (χ3v) is 5.48. The molecule has 2 aromatic carbocycles. The Morgan fingerprint density at radius 3 is 2.67 bits per heavy atom. The first kappa shape index (κ1) is 18.1. The second kappa shape index (κ2) is 7.39. The molecule has 0 fully saturated rings. The molecule has 1 aliphatic heterocycles. The molecule has 2 N–H and O–H groups in total. The Labute approximate surface area is 168 Å². The Morgan fingerprint density at radius 2 is 1.96 bits per heavy atom. The minimum absolute atomic E-state index is 0.134. The van der Waals surface area contributed by atoms with Crippen molar-refractivity contribution in [3.8, 4) is 0 Å². The molecule has 0 radical (unpaired) electrons. The number of benzene rings is 2. The summed E-state index contributed by atoms with van der Waals surface area (Å²) in [6, 6.07) is 13.5. The minimum Gasteiger partial charge on any atom is -0.367 e. The summed E-state index contributed by atoms with van der Waals surface area (Å²) >= 11 is 12.7. The van der Waals surface area contributed by atoms with E-state index in [0.29, 0.717) is 15.6 Å². The topological polar surface area (TPSA) is 48.1 Å². The number of aromatic amines is 1. The highest BCUT2D eigenvalue weighted by molar-refractivity contribution is 6.35. The highest BCUT2D eigenvalue weighted by Crippen LogP contribution is 2.38. The Kier molecular flexibility index (Phi) is 4.96. The van der Waals surface area contributed by atoms with Gasteiger partial charge in [-0.1, -0.05) is 35.3 Å². The number of fused-ring (bicyclic) bond motifs is 1. The minimum atomic E-state index is -0.134. The highest BCUT2D eigenvalue weighted by atomic mass is 35.5. The fourth-order valence-corrected chi connectivity index (χ4v) is 4.17. The van der Waals surface area contributed by atoms with Gasteiger partial charge in [0, 0.05) is 47.1 Å². The Bertz CT molecular complexity index is 968. The van der Waals surface area contributed by atoms with Gasteiger partial charge in [0.15, 0.2) is 0 Å². The molecule has 0 spiro atoms. The zero-order valence-electron chi connectivity index (χ0n) is 14.8. The summed E-state index contributed by atoms with van der Waals surface area (Å²) in [5.41, 5.74) is 4.84. The number of nitrogens with one attached hydrogen (secondary N) is 2. The van der Waals surface area contributed by atoms with Crippen molar-refractivity contribution in [1.82, 2.24) is 9.88 Å². The summed E-state index contributed by atoms with van der Waals surface area (Å²) in [4.78, 5) is 17.3. The van der Waals surface area contributed by atoms with Gasteiger partial charge < -0.3 is 15.2 Å². The fourth-order valence-electron chi connectivity index (χ4n) is 3.60. The highest BCUT2D eigenvalue weighted by Gasteiger charge is 2.27. The maximum Gasteiger partial charge on any atom is 0.257 e. The number of anilines is 1. The van der Waals surface area contributed by atoms with Gasteiger partial charge in [0.25, 0.3) is 5.91 Å². The fraction of sp³-hybridized carbons (Fsp3) is 0.190. The lowest BCUT2D eigenvalue weighted by Gasteiger charge is -2.33. The lowest BCUT2D eigenvalue weighted by Crippen LogP contribution is -2.31. The first-order valence-electron chi connectivity index (χ1n) is 8.72. The summed E-state index contributed by atoms with van der Waals surface area (Å²) < 4.78 is 0. The van der Waals surface area contributed by atoms with Crippen LogP contribution in [0.4, 0.5) is 5.69 Å². The van der Waals surface area contributed by atoms with E-state index in [1.165, 1.54) is 11.1 Å². The van der Waals surface area contributed by atoms with E-state index in [0.717, 1.165) is 24.3 Å². The summed E-state index contributed by atoms with van der Waals surface area (Å²) in [5, 5.41) is 4.28. The maximum absolute atomic E-state index is 12.2. The van der Waals surface area contributed by atoms with Gasteiger partial charge >= 0.3 is 0 Å². The quantitative estimate of drug-likeness (QED) is 0.639. The van der Waals surface area contributed by atoms with E-state index in [1.54, 1.807) is 24.5 Å². The van der Waals surface area contributed by atoms with Crippen molar-refractivity contribution in [3.63, 3.8) is 0 Å². The van der Waals surface area contributed by atoms with Gasteiger partial charge in [-0.15, -0.1) is 0 Å². The molecule has 1 unspecified atom stereocenters. The van der Waals surface area contributed by atoms with E-state index in [4.69, 9.17) is 23.2 Å². The molecule has 6 heteroatoms. The zero-order valence-corrected chi connectivity index (χ0v) is 16.3. The Morgan fingerprint density at radius 1 is 1.19 bits per heavy atom. The molecule has 4 rings (SSSR count). The molecule has 1 aliphatic rings. The smallest absolute Gasteiger partial charge is 0.257 e. The van der Waals surface area contributed by atoms with Crippen LogP contribution >= 0.6 is 23.2 Å². The van der Waals surface area contributed by atoms with Crippen LogP contribution in [0.3, 0.4) is 0 Å². The van der Waals surface area contributed by atoms with Crippen LogP contribution < -0.4 is 5.32 Å². The molecule has 0 saturated carbocycles. The van der Waals surface area contributed by atoms with Crippen LogP contribution in [0.1, 0.15) is 33.0 Å². The maximum atomic E-state index is 12.2. The number of hydrogen-bond donors (Lipinski definition) is 2. The number of nitrogens with zero attached hydrogens (tertiary/aromatic N) is 1. The molecule has 3 aromatic rings. The average molecular weight is 400 g/mol. The summed E-state index contributed by atoms with van der Waals surface area (Å²) in [7, 11) is 2.09. The lowest BCUT2D eigenvalue weighted by atomic mass is 9.84. The number of carbonyl (C=O) groups is 1. The Hall–Kier alpha value is -2.27. The molecule has 138 valence electrons. The van der Waals surface area contributed by atoms with Crippen LogP contribution in [0.2, 0.25) is 10.0 Å². The third kappa shape index (κ3) is 3.74. The van der Waals surface area contributed by atoms with Crippen LogP contribution in [0.15, 0.2) is 54.9 Å². The van der Waals surface area contributed by atoms with Crippen LogP contribution in [0, 0.1) is 0 Å². The van der Waals surface area contributed by atoms with E-state index in [2.05, 4.69) is 34.4 Å². The molecule has 2 heterocycles. The van der Waals surface area contributed by atoms with Crippen molar-refractivity contribution in [3.05, 3.63) is 87.2 Å². The van der Waals surface area contributed by atoms with Crippen molar-refractivity contribution in [1.29, 1.82) is 0 Å². The van der Waals surface area contributed by atoms with Crippen molar-refractivity contribution >= 4 is 34.8 Å². The number of rotatable bonds is 3. The van der Waals surface area contributed by atoms with Crippen molar-refractivity contribution in [2.45, 2.75) is 12.5 Å². The average Bonchev–Trinajstić information content (AvgIpc) is 3.17. The SMILES string of the molecule is CN1Cc2c(Cl)cc(Cl)cc2C(c2ccc(NC(=O)c3cc[nH]c3)cc2)C1. The first-order chi connectivity index (χ1) is 13.0. The van der Waals surface area contributed by atoms with E-state index in [-0.39, 0.29) is 11.8 Å². The molecule has 1 aromatic heterocycles. The van der Waals surface area contributed by atoms with Gasteiger partial charge in [-0.25, -0.2) is 0 Å². The lowest BCUT2D eigenvalue weighted by molar-refractivity contribution is 0.102. The predicted molar refractivity (Wildman–Crippen MR) is 110 cm³/mol.